The van der Waals surface area contributed by atoms with Crippen LogP contribution in [0.1, 0.15) is 20.3 Å². The number of carbonyl (C=O) groups is 1. The van der Waals surface area contributed by atoms with Crippen LogP contribution >= 0.6 is 0 Å². The fraction of sp³-hybridized carbons (Fsp3) is 0.316. The lowest BCUT2D eigenvalue weighted by Crippen LogP contribution is -2.34. The number of halogens is 1. The van der Waals surface area contributed by atoms with Gasteiger partial charge in [-0.2, -0.15) is 4.98 Å². The maximum absolute atomic E-state index is 13.9. The van der Waals surface area contributed by atoms with Gasteiger partial charge in [-0.25, -0.2) is 4.39 Å². The average molecular weight is 372 g/mol. The van der Waals surface area contributed by atoms with Gasteiger partial charge in [-0.15, -0.1) is 0 Å². The summed E-state index contributed by atoms with van der Waals surface area (Å²) in [6, 6.07) is 8.12. The van der Waals surface area contributed by atoms with Gasteiger partial charge in [0.1, 0.15) is 12.2 Å². The minimum absolute atomic E-state index is 0.0984. The number of nitrogens with one attached hydrogen (secondary N) is 1. The third kappa shape index (κ3) is 4.16. The molecule has 3 rings (SSSR count). The number of rotatable bonds is 7. The Morgan fingerprint density at radius 1 is 1.41 bits per heavy atom. The van der Waals surface area contributed by atoms with Crippen molar-refractivity contribution in [3.8, 4) is 28.7 Å². The quantitative estimate of drug-likeness (QED) is 0.688. The van der Waals surface area contributed by atoms with Crippen LogP contribution in [0.15, 0.2) is 41.1 Å². The monoisotopic (exact) mass is 372 g/mol. The van der Waals surface area contributed by atoms with E-state index < -0.39 is 5.82 Å². The first-order chi connectivity index (χ1) is 13.0. The van der Waals surface area contributed by atoms with Crippen LogP contribution in [-0.4, -0.2) is 33.8 Å². The molecule has 0 saturated heterocycles. The molecule has 0 aliphatic carbocycles. The fourth-order valence-corrected chi connectivity index (χ4v) is 2.57. The molecule has 1 aromatic carbocycles. The van der Waals surface area contributed by atoms with E-state index in [0.29, 0.717) is 11.3 Å². The fourth-order valence-electron chi connectivity index (χ4n) is 2.57. The van der Waals surface area contributed by atoms with Gasteiger partial charge < -0.3 is 19.1 Å². The summed E-state index contributed by atoms with van der Waals surface area (Å²) in [6.45, 7) is 4.10. The highest BCUT2D eigenvalue weighted by molar-refractivity contribution is 5.76. The van der Waals surface area contributed by atoms with Gasteiger partial charge in [-0.1, -0.05) is 12.1 Å². The Labute approximate surface area is 156 Å². The number of benzene rings is 1. The molecule has 0 aliphatic rings. The molecule has 1 unspecified atom stereocenters. The molecule has 0 saturated carbocycles. The third-order valence-electron chi connectivity index (χ3n) is 4.22. The highest BCUT2D eigenvalue weighted by Crippen LogP contribution is 2.26. The summed E-state index contributed by atoms with van der Waals surface area (Å²) in [6.07, 6.45) is 2.62. The zero-order valence-corrected chi connectivity index (χ0v) is 15.4. The van der Waals surface area contributed by atoms with Crippen molar-refractivity contribution in [3.05, 3.63) is 42.3 Å². The van der Waals surface area contributed by atoms with E-state index in [9.17, 15) is 9.18 Å². The number of aromatic nitrogens is 3. The van der Waals surface area contributed by atoms with Gasteiger partial charge >= 0.3 is 0 Å². The largest absolute Gasteiger partial charge is 0.494 e. The Hall–Kier alpha value is -3.16. The number of nitrogens with zero attached hydrogens (tertiary/aromatic N) is 3. The molecule has 142 valence electrons. The molecule has 0 radical (unpaired) electrons. The molecule has 7 nitrogen and oxygen atoms in total. The highest BCUT2D eigenvalue weighted by Gasteiger charge is 2.17. The van der Waals surface area contributed by atoms with E-state index in [2.05, 4.69) is 15.5 Å². The molecule has 2 aromatic heterocycles. The van der Waals surface area contributed by atoms with Gasteiger partial charge in [0.2, 0.25) is 11.7 Å². The molecule has 8 heteroatoms. The van der Waals surface area contributed by atoms with Gasteiger partial charge in [-0.05, 0) is 43.7 Å². The summed E-state index contributed by atoms with van der Waals surface area (Å²) < 4.78 is 25.8. The van der Waals surface area contributed by atoms with Crippen LogP contribution in [-0.2, 0) is 11.3 Å². The molecular formula is C19H21FN4O3. The second kappa shape index (κ2) is 8.03. The van der Waals surface area contributed by atoms with Gasteiger partial charge in [0.05, 0.1) is 7.11 Å². The van der Waals surface area contributed by atoms with E-state index in [0.717, 1.165) is 6.42 Å². The Balaban J connectivity index is 1.80. The Morgan fingerprint density at radius 3 is 2.93 bits per heavy atom. The number of carbonyl (C=O) groups excluding carboxylic acids is 1. The summed E-state index contributed by atoms with van der Waals surface area (Å²) in [4.78, 5) is 16.5. The summed E-state index contributed by atoms with van der Waals surface area (Å²) >= 11 is 0. The molecule has 1 atom stereocenters. The molecule has 1 N–H and O–H groups in total. The van der Waals surface area contributed by atoms with E-state index in [-0.39, 0.29) is 36.0 Å². The molecular weight excluding hydrogens is 351 g/mol. The van der Waals surface area contributed by atoms with Crippen molar-refractivity contribution >= 4 is 5.91 Å². The van der Waals surface area contributed by atoms with E-state index >= 15 is 0 Å². The number of ether oxygens (including phenoxy) is 1. The average Bonchev–Trinajstić information content (AvgIpc) is 3.30. The molecule has 1 amide bonds. The van der Waals surface area contributed by atoms with E-state index in [1.165, 1.54) is 19.2 Å². The van der Waals surface area contributed by atoms with Crippen molar-refractivity contribution in [2.24, 2.45) is 0 Å². The van der Waals surface area contributed by atoms with Crippen LogP contribution < -0.4 is 10.1 Å². The number of hydrogen-bond acceptors (Lipinski definition) is 5. The highest BCUT2D eigenvalue weighted by atomic mass is 19.1. The maximum atomic E-state index is 13.9. The van der Waals surface area contributed by atoms with Crippen molar-refractivity contribution < 1.29 is 18.4 Å². The van der Waals surface area contributed by atoms with Gasteiger partial charge in [-0.3, -0.25) is 4.79 Å². The Kier molecular flexibility index (Phi) is 5.54. The number of methoxy groups -OCH3 is 1. The van der Waals surface area contributed by atoms with Gasteiger partial charge in [0.25, 0.3) is 5.89 Å². The first kappa shape index (κ1) is 18.6. The second-order valence-electron chi connectivity index (χ2n) is 6.17. The summed E-state index contributed by atoms with van der Waals surface area (Å²) in [5, 5.41) is 6.83. The Morgan fingerprint density at radius 2 is 2.22 bits per heavy atom. The van der Waals surface area contributed by atoms with Crippen LogP contribution in [0.2, 0.25) is 0 Å². The molecule has 3 aromatic rings. The van der Waals surface area contributed by atoms with Crippen molar-refractivity contribution in [1.29, 1.82) is 0 Å². The minimum Gasteiger partial charge on any atom is -0.494 e. The maximum Gasteiger partial charge on any atom is 0.274 e. The van der Waals surface area contributed by atoms with Crippen LogP contribution in [0.5, 0.6) is 5.75 Å². The molecule has 0 aliphatic heterocycles. The van der Waals surface area contributed by atoms with E-state index in [1.807, 2.05) is 13.8 Å². The first-order valence-electron chi connectivity index (χ1n) is 8.64. The second-order valence-corrected chi connectivity index (χ2v) is 6.17. The predicted molar refractivity (Wildman–Crippen MR) is 97.6 cm³/mol. The molecule has 0 spiro atoms. The van der Waals surface area contributed by atoms with Crippen molar-refractivity contribution in [2.75, 3.05) is 7.11 Å². The standard InChI is InChI=1S/C19H21FN4O3/c1-4-12(2)21-17(25)11-24-9-5-6-15(24)19-22-18(23-27-19)13-7-8-16(26-3)14(20)10-13/h5-10,12H,4,11H2,1-3H3,(H,21,25). The van der Waals surface area contributed by atoms with Crippen molar-refractivity contribution in [2.45, 2.75) is 32.9 Å². The lowest BCUT2D eigenvalue weighted by molar-refractivity contribution is -0.122. The van der Waals surface area contributed by atoms with Crippen molar-refractivity contribution in [1.82, 2.24) is 20.0 Å². The van der Waals surface area contributed by atoms with Crippen LogP contribution in [0.4, 0.5) is 4.39 Å². The zero-order valence-electron chi connectivity index (χ0n) is 15.4. The Bertz CT molecular complexity index is 935. The third-order valence-corrected chi connectivity index (χ3v) is 4.22. The molecule has 27 heavy (non-hydrogen) atoms. The lowest BCUT2D eigenvalue weighted by Gasteiger charge is -2.12. The van der Waals surface area contributed by atoms with Gasteiger partial charge in [0.15, 0.2) is 11.6 Å². The SMILES string of the molecule is CCC(C)NC(=O)Cn1cccc1-c1nc(-c2ccc(OC)c(F)c2)no1. The van der Waals surface area contributed by atoms with Crippen LogP contribution in [0, 0.1) is 5.82 Å². The summed E-state index contributed by atoms with van der Waals surface area (Å²) in [7, 11) is 1.40. The number of hydrogen-bond donors (Lipinski definition) is 1. The first-order valence-corrected chi connectivity index (χ1v) is 8.64. The van der Waals surface area contributed by atoms with E-state index in [4.69, 9.17) is 9.26 Å². The number of amides is 1. The molecule has 0 fully saturated rings. The van der Waals surface area contributed by atoms with Crippen LogP contribution in [0.25, 0.3) is 23.0 Å². The van der Waals surface area contributed by atoms with E-state index in [1.54, 1.807) is 29.0 Å². The molecule has 2 heterocycles. The summed E-state index contributed by atoms with van der Waals surface area (Å²) in [5.41, 5.74) is 1.08. The molecule has 0 bridgehead atoms. The van der Waals surface area contributed by atoms with Crippen molar-refractivity contribution in [3.63, 3.8) is 0 Å². The van der Waals surface area contributed by atoms with Gasteiger partial charge in [0, 0.05) is 17.8 Å². The van der Waals surface area contributed by atoms with Crippen LogP contribution in [0.3, 0.4) is 0 Å². The topological polar surface area (TPSA) is 82.2 Å². The minimum atomic E-state index is -0.508. The predicted octanol–water partition coefficient (Wildman–Crippen LogP) is 3.27. The zero-order chi connectivity index (χ0) is 19.4. The lowest BCUT2D eigenvalue weighted by atomic mass is 10.2. The smallest absolute Gasteiger partial charge is 0.274 e. The summed E-state index contributed by atoms with van der Waals surface area (Å²) in [5.74, 6) is 0.0415. The normalized spacial score (nSPS) is 12.0.